The van der Waals surface area contributed by atoms with E-state index < -0.39 is 7.92 Å². The molecule has 0 amide bonds. The van der Waals surface area contributed by atoms with E-state index in [4.69, 9.17) is 4.74 Å². The number of carbonyl (C=O) groups excluding carboxylic acids is 1. The summed E-state index contributed by atoms with van der Waals surface area (Å²) in [5.74, 6) is -0.298. The fraction of sp³-hybridized carbons (Fsp3) is 0.0357. The Kier molecular flexibility index (Phi) is 7.05. The van der Waals surface area contributed by atoms with Gasteiger partial charge in [0.25, 0.3) is 0 Å². The average molecular weight is 422 g/mol. The minimum Gasteiger partial charge on any atom is -0.458 e. The van der Waals surface area contributed by atoms with Gasteiger partial charge >= 0.3 is 5.97 Å². The van der Waals surface area contributed by atoms with E-state index >= 15 is 0 Å². The van der Waals surface area contributed by atoms with Gasteiger partial charge in [0, 0.05) is 0 Å². The molecule has 0 atom stereocenters. The van der Waals surface area contributed by atoms with Gasteiger partial charge < -0.3 is 4.74 Å². The van der Waals surface area contributed by atoms with Crippen molar-refractivity contribution in [1.82, 2.24) is 0 Å². The van der Waals surface area contributed by atoms with Gasteiger partial charge in [-0.1, -0.05) is 115 Å². The minimum absolute atomic E-state index is 0.233. The highest BCUT2D eigenvalue weighted by atomic mass is 31.1. The van der Waals surface area contributed by atoms with Gasteiger partial charge in [0.2, 0.25) is 0 Å². The summed E-state index contributed by atoms with van der Waals surface area (Å²) in [5.41, 5.74) is 1.70. The molecule has 0 spiro atoms. The van der Waals surface area contributed by atoms with E-state index in [-0.39, 0.29) is 12.6 Å². The summed E-state index contributed by atoms with van der Waals surface area (Å²) in [6, 6.07) is 38.5. The fourth-order valence-corrected chi connectivity index (χ4v) is 5.81. The molecular formula is C28H23O2P. The van der Waals surface area contributed by atoms with E-state index in [1.165, 1.54) is 10.6 Å². The molecule has 0 radical (unpaired) electrons. The summed E-state index contributed by atoms with van der Waals surface area (Å²) < 4.78 is 5.60. The monoisotopic (exact) mass is 422 g/mol. The van der Waals surface area contributed by atoms with Crippen LogP contribution in [0.4, 0.5) is 0 Å². The van der Waals surface area contributed by atoms with Gasteiger partial charge in [0.05, 0.1) is 5.56 Å². The highest BCUT2D eigenvalue weighted by molar-refractivity contribution is 7.80. The Hall–Kier alpha value is -3.48. The molecule has 0 aliphatic heterocycles. The van der Waals surface area contributed by atoms with Crippen LogP contribution in [0.1, 0.15) is 15.9 Å². The molecule has 0 saturated heterocycles. The lowest BCUT2D eigenvalue weighted by molar-refractivity contribution is 0.0551. The normalized spacial score (nSPS) is 11.0. The number of rotatable bonds is 7. The Bertz CT molecular complexity index is 1100. The highest BCUT2D eigenvalue weighted by Crippen LogP contribution is 2.34. The topological polar surface area (TPSA) is 26.3 Å². The highest BCUT2D eigenvalue weighted by Gasteiger charge is 2.22. The van der Waals surface area contributed by atoms with Gasteiger partial charge in [-0.3, -0.25) is 0 Å². The number of carbonyl (C=O) groups is 1. The van der Waals surface area contributed by atoms with Crippen LogP contribution >= 0.6 is 7.92 Å². The van der Waals surface area contributed by atoms with Crippen LogP contribution in [0.5, 0.6) is 0 Å². The van der Waals surface area contributed by atoms with Crippen LogP contribution in [0.25, 0.3) is 6.08 Å². The average Bonchev–Trinajstić information content (AvgIpc) is 2.84. The predicted octanol–water partition coefficient (Wildman–Crippen LogP) is 5.32. The molecule has 0 bridgehead atoms. The van der Waals surface area contributed by atoms with E-state index in [2.05, 4.69) is 24.3 Å². The Balaban J connectivity index is 1.60. The van der Waals surface area contributed by atoms with Gasteiger partial charge in [0.1, 0.15) is 6.61 Å². The van der Waals surface area contributed by atoms with Crippen molar-refractivity contribution in [1.29, 1.82) is 0 Å². The predicted molar refractivity (Wildman–Crippen MR) is 131 cm³/mol. The number of benzene rings is 4. The Morgan fingerprint density at radius 2 is 1.19 bits per heavy atom. The molecule has 2 nitrogen and oxygen atoms in total. The van der Waals surface area contributed by atoms with E-state index in [0.29, 0.717) is 5.56 Å². The summed E-state index contributed by atoms with van der Waals surface area (Å²) in [7, 11) is -0.873. The smallest absolute Gasteiger partial charge is 0.339 e. The summed E-state index contributed by atoms with van der Waals surface area (Å²) in [6.45, 7) is 0.233. The van der Waals surface area contributed by atoms with Crippen molar-refractivity contribution in [2.45, 2.75) is 0 Å². The first-order valence-corrected chi connectivity index (χ1v) is 11.5. The van der Waals surface area contributed by atoms with Gasteiger partial charge in [-0.05, 0) is 41.5 Å². The molecule has 0 N–H and O–H groups in total. The first-order valence-electron chi connectivity index (χ1n) is 10.2. The van der Waals surface area contributed by atoms with E-state index in [1.807, 2.05) is 103 Å². The van der Waals surface area contributed by atoms with Crippen LogP contribution in [-0.2, 0) is 4.74 Å². The number of hydrogen-bond donors (Lipinski definition) is 0. The molecule has 152 valence electrons. The lowest BCUT2D eigenvalue weighted by Gasteiger charge is -2.21. The third-order valence-electron chi connectivity index (χ3n) is 4.81. The summed E-state index contributed by atoms with van der Waals surface area (Å²) in [5, 5.41) is 3.41. The van der Waals surface area contributed by atoms with Gasteiger partial charge in [0.15, 0.2) is 0 Å². The zero-order valence-corrected chi connectivity index (χ0v) is 18.0. The maximum Gasteiger partial charge on any atom is 0.339 e. The van der Waals surface area contributed by atoms with Crippen molar-refractivity contribution in [2.75, 3.05) is 6.61 Å². The maximum atomic E-state index is 13.0. The first kappa shape index (κ1) is 20.8. The zero-order chi connectivity index (χ0) is 21.3. The van der Waals surface area contributed by atoms with E-state index in [0.717, 1.165) is 10.9 Å². The van der Waals surface area contributed by atoms with Crippen LogP contribution in [0.3, 0.4) is 0 Å². The van der Waals surface area contributed by atoms with Crippen molar-refractivity contribution < 1.29 is 9.53 Å². The van der Waals surface area contributed by atoms with Gasteiger partial charge in [-0.15, -0.1) is 0 Å². The molecule has 0 saturated carbocycles. The summed E-state index contributed by atoms with van der Waals surface area (Å²) in [4.78, 5) is 13.0. The van der Waals surface area contributed by atoms with Crippen LogP contribution < -0.4 is 15.9 Å². The second-order valence-corrected chi connectivity index (χ2v) is 9.12. The van der Waals surface area contributed by atoms with Crippen molar-refractivity contribution in [3.05, 3.63) is 132 Å². The molecule has 0 aliphatic carbocycles. The number of ether oxygens (including phenoxy) is 1. The molecule has 0 aliphatic rings. The second-order valence-electron chi connectivity index (χ2n) is 6.94. The van der Waals surface area contributed by atoms with Gasteiger partial charge in [-0.25, -0.2) is 4.79 Å². The lowest BCUT2D eigenvalue weighted by atomic mass is 10.2. The summed E-state index contributed by atoms with van der Waals surface area (Å²) >= 11 is 0. The van der Waals surface area contributed by atoms with Crippen molar-refractivity contribution in [3.8, 4) is 0 Å². The van der Waals surface area contributed by atoms with Crippen molar-refractivity contribution in [2.24, 2.45) is 0 Å². The largest absolute Gasteiger partial charge is 0.458 e. The number of esters is 1. The maximum absolute atomic E-state index is 13.0. The van der Waals surface area contributed by atoms with Crippen LogP contribution in [-0.4, -0.2) is 12.6 Å². The third kappa shape index (κ3) is 5.36. The summed E-state index contributed by atoms with van der Waals surface area (Å²) in [6.07, 6.45) is 3.83. The molecule has 0 aromatic heterocycles. The molecule has 3 heteroatoms. The zero-order valence-electron chi connectivity index (χ0n) is 17.1. The van der Waals surface area contributed by atoms with Crippen molar-refractivity contribution >= 4 is 35.9 Å². The molecule has 0 fully saturated rings. The Morgan fingerprint density at radius 1 is 0.677 bits per heavy atom. The fourth-order valence-electron chi connectivity index (χ4n) is 3.37. The molecule has 31 heavy (non-hydrogen) atoms. The molecule has 0 unspecified atom stereocenters. The molecular weight excluding hydrogens is 399 g/mol. The van der Waals surface area contributed by atoms with Crippen molar-refractivity contribution in [3.63, 3.8) is 0 Å². The Labute approximate surface area is 184 Å². The van der Waals surface area contributed by atoms with E-state index in [9.17, 15) is 4.79 Å². The van der Waals surface area contributed by atoms with E-state index in [1.54, 1.807) is 0 Å². The SMILES string of the molecule is O=C(OC/C=C/c1ccccc1)c1ccccc1P(c1ccccc1)c1ccccc1. The minimum atomic E-state index is -0.873. The van der Waals surface area contributed by atoms with Crippen LogP contribution in [0, 0.1) is 0 Å². The second kappa shape index (κ2) is 10.5. The molecule has 4 aromatic rings. The Morgan fingerprint density at radius 3 is 1.81 bits per heavy atom. The standard InChI is InChI=1S/C28H23O2P/c29-28(30-22-12-15-23-13-4-1-5-14-23)26-20-10-11-21-27(26)31(24-16-6-2-7-17-24)25-18-8-3-9-19-25/h1-21H,22H2/b15-12+. The lowest BCUT2D eigenvalue weighted by Crippen LogP contribution is -2.25. The van der Waals surface area contributed by atoms with Crippen LogP contribution in [0.2, 0.25) is 0 Å². The molecule has 4 rings (SSSR count). The first-order chi connectivity index (χ1) is 15.3. The quantitative estimate of drug-likeness (QED) is 0.298. The van der Waals surface area contributed by atoms with Gasteiger partial charge in [-0.2, -0.15) is 0 Å². The molecule has 4 aromatic carbocycles. The third-order valence-corrected chi connectivity index (χ3v) is 7.32. The van der Waals surface area contributed by atoms with Crippen LogP contribution in [0.15, 0.2) is 121 Å². The number of hydrogen-bond acceptors (Lipinski definition) is 2. The molecule has 0 heterocycles.